The van der Waals surface area contributed by atoms with E-state index in [2.05, 4.69) is 10.2 Å². The van der Waals surface area contributed by atoms with Gasteiger partial charge in [-0.05, 0) is 44.0 Å². The van der Waals surface area contributed by atoms with Crippen molar-refractivity contribution in [3.63, 3.8) is 0 Å². The van der Waals surface area contributed by atoms with Gasteiger partial charge in [0.25, 0.3) is 0 Å². The summed E-state index contributed by atoms with van der Waals surface area (Å²) in [5.74, 6) is 0.554. The van der Waals surface area contributed by atoms with Crippen molar-refractivity contribution in [2.45, 2.75) is 13.0 Å². The van der Waals surface area contributed by atoms with Crippen LogP contribution in [-0.2, 0) is 6.54 Å². The largest absolute Gasteiger partial charge is 0.316 e. The van der Waals surface area contributed by atoms with Crippen molar-refractivity contribution in [2.24, 2.45) is 11.8 Å². The first-order valence-electron chi connectivity index (χ1n) is 6.59. The summed E-state index contributed by atoms with van der Waals surface area (Å²) >= 11 is 0. The highest BCUT2D eigenvalue weighted by Crippen LogP contribution is 2.27. The van der Waals surface area contributed by atoms with Crippen molar-refractivity contribution in [2.75, 3.05) is 26.2 Å². The highest BCUT2D eigenvalue weighted by atomic mass is 35.5. The quantitative estimate of drug-likeness (QED) is 0.899. The summed E-state index contributed by atoms with van der Waals surface area (Å²) in [6.07, 6.45) is 1.18. The Morgan fingerprint density at radius 1 is 1.21 bits per heavy atom. The highest BCUT2D eigenvalue weighted by Gasteiger charge is 2.32. The van der Waals surface area contributed by atoms with Crippen LogP contribution in [0.2, 0.25) is 0 Å². The van der Waals surface area contributed by atoms with Gasteiger partial charge in [0.05, 0.1) is 0 Å². The van der Waals surface area contributed by atoms with Crippen molar-refractivity contribution in [3.8, 4) is 0 Å². The lowest BCUT2D eigenvalue weighted by atomic mass is 9.88. The van der Waals surface area contributed by atoms with Crippen LogP contribution in [0, 0.1) is 23.5 Å². The summed E-state index contributed by atoms with van der Waals surface area (Å²) in [6, 6.07) is 3.87. The minimum Gasteiger partial charge on any atom is -0.316 e. The molecule has 2 heterocycles. The van der Waals surface area contributed by atoms with Crippen LogP contribution >= 0.6 is 12.4 Å². The molecule has 2 aliphatic rings. The molecular formula is C14H19ClF2N2. The van der Waals surface area contributed by atoms with E-state index in [9.17, 15) is 8.78 Å². The second kappa shape index (κ2) is 6.16. The van der Waals surface area contributed by atoms with Gasteiger partial charge in [0.2, 0.25) is 0 Å². The molecule has 2 atom stereocenters. The highest BCUT2D eigenvalue weighted by molar-refractivity contribution is 5.85. The van der Waals surface area contributed by atoms with Crippen LogP contribution < -0.4 is 5.32 Å². The first-order valence-corrected chi connectivity index (χ1v) is 6.59. The fourth-order valence-corrected chi connectivity index (χ4v) is 3.14. The number of nitrogens with zero attached hydrogens (tertiary/aromatic N) is 1. The molecule has 5 heteroatoms. The molecule has 0 amide bonds. The first-order chi connectivity index (χ1) is 8.72. The monoisotopic (exact) mass is 288 g/mol. The minimum absolute atomic E-state index is 0. The maximum atomic E-state index is 13.6. The standard InChI is InChI=1S/C14H18F2N2.ClH/c15-13-2-1-11(14(16)5-13)8-18-4-3-10-6-17-7-12(10)9-18;/h1-2,5,10,12,17H,3-4,6-9H2;1H. The van der Waals surface area contributed by atoms with Crippen molar-refractivity contribution in [1.29, 1.82) is 0 Å². The number of benzene rings is 1. The maximum Gasteiger partial charge on any atom is 0.130 e. The van der Waals surface area contributed by atoms with Crippen molar-refractivity contribution in [3.05, 3.63) is 35.4 Å². The van der Waals surface area contributed by atoms with E-state index in [1.165, 1.54) is 12.5 Å². The fraction of sp³-hybridized carbons (Fsp3) is 0.571. The third kappa shape index (κ3) is 3.25. The molecule has 1 aromatic carbocycles. The Bertz CT molecular complexity index is 441. The molecule has 2 fully saturated rings. The lowest BCUT2D eigenvalue weighted by Gasteiger charge is -2.34. The van der Waals surface area contributed by atoms with E-state index in [1.807, 2.05) is 0 Å². The van der Waals surface area contributed by atoms with Gasteiger partial charge >= 0.3 is 0 Å². The molecule has 106 valence electrons. The van der Waals surface area contributed by atoms with Crippen LogP contribution in [0.1, 0.15) is 12.0 Å². The molecule has 0 spiro atoms. The molecule has 0 saturated carbocycles. The van der Waals surface area contributed by atoms with Gasteiger partial charge in [-0.2, -0.15) is 0 Å². The van der Waals surface area contributed by atoms with E-state index in [4.69, 9.17) is 0 Å². The molecule has 1 aromatic rings. The van der Waals surface area contributed by atoms with Crippen LogP contribution in [0.3, 0.4) is 0 Å². The number of rotatable bonds is 2. The molecule has 0 aromatic heterocycles. The Labute approximate surface area is 118 Å². The van der Waals surface area contributed by atoms with E-state index < -0.39 is 11.6 Å². The predicted octanol–water partition coefficient (Wildman–Crippen LogP) is 2.43. The molecule has 0 bridgehead atoms. The molecule has 2 aliphatic heterocycles. The molecule has 2 nitrogen and oxygen atoms in total. The summed E-state index contributed by atoms with van der Waals surface area (Å²) in [4.78, 5) is 2.28. The van der Waals surface area contributed by atoms with Gasteiger partial charge in [-0.15, -0.1) is 12.4 Å². The third-order valence-electron chi connectivity index (χ3n) is 4.20. The molecule has 3 rings (SSSR count). The Hall–Kier alpha value is -0.710. The first kappa shape index (κ1) is 14.7. The minimum atomic E-state index is -0.505. The lowest BCUT2D eigenvalue weighted by molar-refractivity contribution is 0.141. The second-order valence-corrected chi connectivity index (χ2v) is 5.44. The second-order valence-electron chi connectivity index (χ2n) is 5.44. The third-order valence-corrected chi connectivity index (χ3v) is 4.20. The smallest absolute Gasteiger partial charge is 0.130 e. The van der Waals surface area contributed by atoms with Crippen LogP contribution in [0.15, 0.2) is 18.2 Å². The molecule has 1 N–H and O–H groups in total. The number of halogens is 3. The van der Waals surface area contributed by atoms with Crippen LogP contribution in [0.25, 0.3) is 0 Å². The summed E-state index contributed by atoms with van der Waals surface area (Å²) < 4.78 is 26.4. The van der Waals surface area contributed by atoms with Crippen molar-refractivity contribution < 1.29 is 8.78 Å². The van der Waals surface area contributed by atoms with Crippen molar-refractivity contribution in [1.82, 2.24) is 10.2 Å². The average molecular weight is 289 g/mol. The van der Waals surface area contributed by atoms with Crippen molar-refractivity contribution >= 4 is 12.4 Å². The van der Waals surface area contributed by atoms with Crippen LogP contribution in [0.4, 0.5) is 8.78 Å². The van der Waals surface area contributed by atoms with E-state index >= 15 is 0 Å². The molecule has 2 saturated heterocycles. The Morgan fingerprint density at radius 2 is 2.00 bits per heavy atom. The van der Waals surface area contributed by atoms with Gasteiger partial charge in [0.1, 0.15) is 11.6 Å². The number of hydrogen-bond donors (Lipinski definition) is 1. The number of likely N-dealkylation sites (tertiary alicyclic amines) is 1. The average Bonchev–Trinajstić information content (AvgIpc) is 2.80. The Balaban J connectivity index is 0.00000133. The predicted molar refractivity (Wildman–Crippen MR) is 73.3 cm³/mol. The Morgan fingerprint density at radius 3 is 2.79 bits per heavy atom. The summed E-state index contributed by atoms with van der Waals surface area (Å²) in [7, 11) is 0. The molecule has 0 radical (unpaired) electrons. The van der Waals surface area contributed by atoms with Gasteiger partial charge in [0, 0.05) is 24.7 Å². The Kier molecular flexibility index (Phi) is 4.76. The fourth-order valence-electron chi connectivity index (χ4n) is 3.14. The van der Waals surface area contributed by atoms with Gasteiger partial charge in [-0.25, -0.2) is 8.78 Å². The van der Waals surface area contributed by atoms with E-state index in [-0.39, 0.29) is 12.4 Å². The summed E-state index contributed by atoms with van der Waals surface area (Å²) in [5.41, 5.74) is 0.598. The number of hydrogen-bond acceptors (Lipinski definition) is 2. The normalized spacial score (nSPS) is 26.8. The van der Waals surface area contributed by atoms with E-state index in [1.54, 1.807) is 6.07 Å². The van der Waals surface area contributed by atoms with Gasteiger partial charge in [-0.3, -0.25) is 4.90 Å². The van der Waals surface area contributed by atoms with Gasteiger partial charge in [0.15, 0.2) is 0 Å². The van der Waals surface area contributed by atoms with Crippen LogP contribution in [0.5, 0.6) is 0 Å². The maximum absolute atomic E-state index is 13.6. The topological polar surface area (TPSA) is 15.3 Å². The SMILES string of the molecule is Cl.Fc1ccc(CN2CCC3CNCC3C2)c(F)c1. The molecule has 19 heavy (non-hydrogen) atoms. The van der Waals surface area contributed by atoms with Gasteiger partial charge < -0.3 is 5.32 Å². The van der Waals surface area contributed by atoms with Gasteiger partial charge in [-0.1, -0.05) is 6.07 Å². The van der Waals surface area contributed by atoms with E-state index in [0.29, 0.717) is 18.0 Å². The van der Waals surface area contributed by atoms with E-state index in [0.717, 1.165) is 38.2 Å². The molecule has 2 unspecified atom stereocenters. The summed E-state index contributed by atoms with van der Waals surface area (Å²) in [5, 5.41) is 3.42. The molecular weight excluding hydrogens is 270 g/mol. The number of piperidine rings is 1. The number of fused-ring (bicyclic) bond motifs is 1. The lowest BCUT2D eigenvalue weighted by Crippen LogP contribution is -2.39. The zero-order valence-electron chi connectivity index (χ0n) is 10.7. The number of nitrogens with one attached hydrogen (secondary N) is 1. The zero-order valence-corrected chi connectivity index (χ0v) is 11.6. The molecule has 0 aliphatic carbocycles. The zero-order chi connectivity index (χ0) is 12.5. The summed E-state index contributed by atoms with van der Waals surface area (Å²) in [6.45, 7) is 4.83. The van der Waals surface area contributed by atoms with Crippen LogP contribution in [-0.4, -0.2) is 31.1 Å².